The SMILES string of the molecule is O=C(CCCCCN1C(=O)C=CC1=O)Nc1ccc(SCC2=CC(=O)OC2=O)cc1. The first-order valence-corrected chi connectivity index (χ1v) is 10.4. The molecule has 156 valence electrons. The van der Waals surface area contributed by atoms with Crippen LogP contribution in [0.1, 0.15) is 25.7 Å². The molecule has 1 aromatic carbocycles. The lowest BCUT2D eigenvalue weighted by Gasteiger charge is -2.13. The first-order chi connectivity index (χ1) is 14.4. The molecule has 3 rings (SSSR count). The van der Waals surface area contributed by atoms with Crippen molar-refractivity contribution in [2.45, 2.75) is 30.6 Å². The van der Waals surface area contributed by atoms with Crippen molar-refractivity contribution in [3.8, 4) is 0 Å². The van der Waals surface area contributed by atoms with E-state index in [9.17, 15) is 24.0 Å². The summed E-state index contributed by atoms with van der Waals surface area (Å²) in [6.45, 7) is 0.369. The van der Waals surface area contributed by atoms with Crippen LogP contribution in [0.2, 0.25) is 0 Å². The second-order valence-electron chi connectivity index (χ2n) is 6.71. The summed E-state index contributed by atoms with van der Waals surface area (Å²) in [7, 11) is 0. The highest BCUT2D eigenvalue weighted by atomic mass is 32.2. The lowest BCUT2D eigenvalue weighted by atomic mass is 10.1. The number of unbranched alkanes of at least 4 members (excludes halogenated alkanes) is 2. The van der Waals surface area contributed by atoms with Gasteiger partial charge in [-0.25, -0.2) is 9.59 Å². The highest BCUT2D eigenvalue weighted by molar-refractivity contribution is 7.99. The summed E-state index contributed by atoms with van der Waals surface area (Å²) in [5.74, 6) is -1.58. The van der Waals surface area contributed by atoms with Crippen LogP contribution >= 0.6 is 11.8 Å². The van der Waals surface area contributed by atoms with Crippen LogP contribution in [-0.2, 0) is 28.7 Å². The van der Waals surface area contributed by atoms with Gasteiger partial charge in [-0.1, -0.05) is 6.42 Å². The molecule has 0 fully saturated rings. The molecule has 0 aromatic heterocycles. The number of nitrogens with one attached hydrogen (secondary N) is 1. The number of hydrogen-bond donors (Lipinski definition) is 1. The highest BCUT2D eigenvalue weighted by Gasteiger charge is 2.23. The van der Waals surface area contributed by atoms with Crippen molar-refractivity contribution < 1.29 is 28.7 Å². The van der Waals surface area contributed by atoms with Gasteiger partial charge in [0.25, 0.3) is 11.8 Å². The lowest BCUT2D eigenvalue weighted by Crippen LogP contribution is -2.30. The molecule has 0 saturated heterocycles. The van der Waals surface area contributed by atoms with Crippen molar-refractivity contribution in [3.05, 3.63) is 48.1 Å². The number of rotatable bonds is 10. The quantitative estimate of drug-likeness (QED) is 0.200. The average molecular weight is 428 g/mol. The van der Waals surface area contributed by atoms with E-state index in [0.29, 0.717) is 42.8 Å². The minimum atomic E-state index is -0.635. The number of anilines is 1. The Balaban J connectivity index is 1.33. The van der Waals surface area contributed by atoms with Gasteiger partial charge in [0.05, 0.1) is 5.57 Å². The van der Waals surface area contributed by atoms with Crippen molar-refractivity contribution in [2.75, 3.05) is 17.6 Å². The van der Waals surface area contributed by atoms with Crippen LogP contribution in [0.5, 0.6) is 0 Å². The molecule has 30 heavy (non-hydrogen) atoms. The summed E-state index contributed by atoms with van der Waals surface area (Å²) in [5, 5.41) is 2.82. The van der Waals surface area contributed by atoms with Crippen LogP contribution in [0.4, 0.5) is 5.69 Å². The van der Waals surface area contributed by atoms with E-state index < -0.39 is 11.9 Å². The van der Waals surface area contributed by atoms with Gasteiger partial charge in [-0.05, 0) is 37.1 Å². The fourth-order valence-corrected chi connectivity index (χ4v) is 3.74. The van der Waals surface area contributed by atoms with Crippen molar-refractivity contribution in [2.24, 2.45) is 0 Å². The molecular weight excluding hydrogens is 408 g/mol. The zero-order chi connectivity index (χ0) is 21.5. The molecule has 2 aliphatic rings. The standard InChI is InChI=1S/C21H20N2O6S/c24-17(4-2-1-3-11-23-18(25)9-10-19(23)26)22-15-5-7-16(8-6-15)30-13-14-12-20(27)29-21(14)28/h5-10,12H,1-4,11,13H2,(H,22,24). The molecule has 3 amide bonds. The molecule has 0 spiro atoms. The smallest absolute Gasteiger partial charge is 0.343 e. The molecule has 9 heteroatoms. The third kappa shape index (κ3) is 5.90. The molecule has 0 unspecified atom stereocenters. The summed E-state index contributed by atoms with van der Waals surface area (Å²) in [5.41, 5.74) is 0.996. The van der Waals surface area contributed by atoms with Gasteiger partial charge in [0.2, 0.25) is 5.91 Å². The number of hydrogen-bond acceptors (Lipinski definition) is 7. The van der Waals surface area contributed by atoms with E-state index in [0.717, 1.165) is 11.3 Å². The van der Waals surface area contributed by atoms with Crippen LogP contribution in [0.15, 0.2) is 53.0 Å². The van der Waals surface area contributed by atoms with Crippen molar-refractivity contribution in [1.29, 1.82) is 0 Å². The van der Waals surface area contributed by atoms with E-state index in [2.05, 4.69) is 10.1 Å². The van der Waals surface area contributed by atoms with Crippen LogP contribution in [-0.4, -0.2) is 46.9 Å². The number of ether oxygens (including phenoxy) is 1. The largest absolute Gasteiger partial charge is 0.386 e. The maximum atomic E-state index is 12.1. The zero-order valence-corrected chi connectivity index (χ0v) is 16.9. The maximum Gasteiger partial charge on any atom is 0.343 e. The Morgan fingerprint density at radius 3 is 2.30 bits per heavy atom. The number of nitrogens with zero attached hydrogens (tertiary/aromatic N) is 1. The number of amides is 3. The zero-order valence-electron chi connectivity index (χ0n) is 16.1. The Labute approximate surface area is 177 Å². The number of benzene rings is 1. The summed E-state index contributed by atoms with van der Waals surface area (Å²) in [6.07, 6.45) is 6.13. The molecule has 1 N–H and O–H groups in total. The molecule has 0 bridgehead atoms. The van der Waals surface area contributed by atoms with Gasteiger partial charge >= 0.3 is 11.9 Å². The monoisotopic (exact) mass is 428 g/mol. The van der Waals surface area contributed by atoms with Crippen LogP contribution in [0.25, 0.3) is 0 Å². The topological polar surface area (TPSA) is 110 Å². The molecule has 1 aromatic rings. The van der Waals surface area contributed by atoms with Crippen molar-refractivity contribution >= 4 is 47.1 Å². The predicted molar refractivity (Wildman–Crippen MR) is 109 cm³/mol. The Bertz CT molecular complexity index is 917. The van der Waals surface area contributed by atoms with E-state index in [1.807, 2.05) is 12.1 Å². The first kappa shape index (κ1) is 21.5. The van der Waals surface area contributed by atoms with Gasteiger partial charge in [0, 0.05) is 47.5 Å². The average Bonchev–Trinajstić information content (AvgIpc) is 3.21. The van der Waals surface area contributed by atoms with Crippen LogP contribution < -0.4 is 5.32 Å². The normalized spacial score (nSPS) is 15.6. The Hall–Kier alpha value is -3.20. The molecule has 2 aliphatic heterocycles. The minimum Gasteiger partial charge on any atom is -0.386 e. The predicted octanol–water partition coefficient (Wildman–Crippen LogP) is 2.21. The first-order valence-electron chi connectivity index (χ1n) is 9.45. The van der Waals surface area contributed by atoms with Gasteiger partial charge in [0.15, 0.2) is 0 Å². The van der Waals surface area contributed by atoms with Gasteiger partial charge in [-0.15, -0.1) is 11.8 Å². The van der Waals surface area contributed by atoms with Crippen molar-refractivity contribution in [1.82, 2.24) is 4.90 Å². The highest BCUT2D eigenvalue weighted by Crippen LogP contribution is 2.24. The van der Waals surface area contributed by atoms with Gasteiger partial charge in [-0.3, -0.25) is 19.3 Å². The van der Waals surface area contributed by atoms with Gasteiger partial charge < -0.3 is 10.1 Å². The van der Waals surface area contributed by atoms with E-state index in [1.54, 1.807) is 12.1 Å². The van der Waals surface area contributed by atoms with E-state index in [4.69, 9.17) is 0 Å². The van der Waals surface area contributed by atoms with Gasteiger partial charge in [0.1, 0.15) is 0 Å². The van der Waals surface area contributed by atoms with E-state index >= 15 is 0 Å². The number of cyclic esters (lactones) is 2. The number of esters is 2. The molecule has 8 nitrogen and oxygen atoms in total. The van der Waals surface area contributed by atoms with Crippen LogP contribution in [0, 0.1) is 0 Å². The Kier molecular flexibility index (Phi) is 7.18. The molecule has 0 saturated carbocycles. The number of carbonyl (C=O) groups is 5. The van der Waals surface area contributed by atoms with E-state index in [1.165, 1.54) is 34.9 Å². The Morgan fingerprint density at radius 1 is 0.967 bits per heavy atom. The third-order valence-electron chi connectivity index (χ3n) is 4.47. The van der Waals surface area contributed by atoms with Gasteiger partial charge in [-0.2, -0.15) is 0 Å². The number of carbonyl (C=O) groups excluding carboxylic acids is 5. The molecule has 0 radical (unpaired) electrons. The summed E-state index contributed by atoms with van der Waals surface area (Å²) < 4.78 is 4.44. The number of imide groups is 1. The van der Waals surface area contributed by atoms with Crippen molar-refractivity contribution in [3.63, 3.8) is 0 Å². The molecule has 0 atom stereocenters. The van der Waals surface area contributed by atoms with E-state index in [-0.39, 0.29) is 17.7 Å². The third-order valence-corrected chi connectivity index (χ3v) is 5.53. The molecular formula is C21H20N2O6S. The fraction of sp³-hybridized carbons (Fsp3) is 0.286. The summed E-state index contributed by atoms with van der Waals surface area (Å²) in [6, 6.07) is 7.18. The maximum absolute atomic E-state index is 12.1. The minimum absolute atomic E-state index is 0.109. The summed E-state index contributed by atoms with van der Waals surface area (Å²) >= 11 is 1.39. The second kappa shape index (κ2) is 10.0. The Morgan fingerprint density at radius 2 is 1.67 bits per heavy atom. The number of thioether (sulfide) groups is 1. The summed E-state index contributed by atoms with van der Waals surface area (Å²) in [4.78, 5) is 59.4. The van der Waals surface area contributed by atoms with Crippen LogP contribution in [0.3, 0.4) is 0 Å². The second-order valence-corrected chi connectivity index (χ2v) is 7.76. The fourth-order valence-electron chi connectivity index (χ4n) is 2.89. The molecule has 0 aliphatic carbocycles. The molecule has 2 heterocycles. The lowest BCUT2D eigenvalue weighted by molar-refractivity contribution is -0.150.